The van der Waals surface area contributed by atoms with E-state index in [1.807, 2.05) is 18.2 Å². The van der Waals surface area contributed by atoms with E-state index in [1.165, 1.54) is 11.3 Å². The minimum Gasteiger partial charge on any atom is -0.305 e. The number of amides is 1. The third-order valence-electron chi connectivity index (χ3n) is 1.55. The van der Waals surface area contributed by atoms with Gasteiger partial charge in [-0.1, -0.05) is 11.3 Å². The lowest BCUT2D eigenvalue weighted by Gasteiger charge is -1.87. The Labute approximate surface area is 84.2 Å². The predicted molar refractivity (Wildman–Crippen MR) is 56.6 cm³/mol. The number of aromatic nitrogens is 1. The van der Waals surface area contributed by atoms with Gasteiger partial charge < -0.3 is 5.32 Å². The standard InChI is InChI=1S/C8H6N2OS2/c11-4-9-8-10-6-2-1-5(12)3-7(6)13-8/h1-4,12H,(H,9,10,11). The molecule has 13 heavy (non-hydrogen) atoms. The largest absolute Gasteiger partial charge is 0.305 e. The van der Waals surface area contributed by atoms with E-state index < -0.39 is 0 Å². The van der Waals surface area contributed by atoms with Crippen LogP contribution in [0.15, 0.2) is 23.1 Å². The summed E-state index contributed by atoms with van der Waals surface area (Å²) in [7, 11) is 0. The number of benzene rings is 1. The molecular weight excluding hydrogens is 204 g/mol. The molecule has 1 heterocycles. The molecule has 1 N–H and O–H groups in total. The number of thiol groups is 1. The van der Waals surface area contributed by atoms with E-state index in [1.54, 1.807) is 0 Å². The van der Waals surface area contributed by atoms with Crippen molar-refractivity contribution in [2.75, 3.05) is 5.32 Å². The van der Waals surface area contributed by atoms with Crippen LogP contribution >= 0.6 is 24.0 Å². The molecule has 0 spiro atoms. The summed E-state index contributed by atoms with van der Waals surface area (Å²) in [6, 6.07) is 5.67. The van der Waals surface area contributed by atoms with Gasteiger partial charge in [0.05, 0.1) is 10.2 Å². The molecular formula is C8H6N2OS2. The summed E-state index contributed by atoms with van der Waals surface area (Å²) in [5, 5.41) is 3.13. The number of rotatable bonds is 2. The molecule has 2 rings (SSSR count). The first-order valence-electron chi connectivity index (χ1n) is 3.59. The van der Waals surface area contributed by atoms with Crippen molar-refractivity contribution in [2.45, 2.75) is 4.90 Å². The average Bonchev–Trinajstić information content (AvgIpc) is 2.46. The summed E-state index contributed by atoms with van der Waals surface area (Å²) in [6.45, 7) is 0. The monoisotopic (exact) mass is 210 g/mol. The van der Waals surface area contributed by atoms with Crippen LogP contribution in [0.3, 0.4) is 0 Å². The zero-order valence-corrected chi connectivity index (χ0v) is 8.23. The van der Waals surface area contributed by atoms with E-state index in [4.69, 9.17) is 0 Å². The fraction of sp³-hybridized carbons (Fsp3) is 0. The molecule has 0 saturated heterocycles. The van der Waals surface area contributed by atoms with Crippen LogP contribution in [0.5, 0.6) is 0 Å². The molecule has 0 aliphatic heterocycles. The van der Waals surface area contributed by atoms with Gasteiger partial charge in [-0.15, -0.1) is 12.6 Å². The van der Waals surface area contributed by atoms with Crippen molar-refractivity contribution in [3.63, 3.8) is 0 Å². The Balaban J connectivity index is 2.55. The first-order valence-corrected chi connectivity index (χ1v) is 4.86. The third kappa shape index (κ3) is 1.66. The van der Waals surface area contributed by atoms with Crippen molar-refractivity contribution < 1.29 is 4.79 Å². The maximum Gasteiger partial charge on any atom is 0.213 e. The zero-order chi connectivity index (χ0) is 9.26. The summed E-state index contributed by atoms with van der Waals surface area (Å²) < 4.78 is 1.02. The van der Waals surface area contributed by atoms with Crippen molar-refractivity contribution in [3.8, 4) is 0 Å². The number of hydrogen-bond acceptors (Lipinski definition) is 4. The number of hydrogen-bond donors (Lipinski definition) is 2. The summed E-state index contributed by atoms with van der Waals surface area (Å²) in [5.41, 5.74) is 0.882. The zero-order valence-electron chi connectivity index (χ0n) is 6.52. The topological polar surface area (TPSA) is 42.0 Å². The summed E-state index contributed by atoms with van der Waals surface area (Å²) in [4.78, 5) is 15.2. The van der Waals surface area contributed by atoms with Crippen molar-refractivity contribution in [3.05, 3.63) is 18.2 Å². The number of fused-ring (bicyclic) bond motifs is 1. The summed E-state index contributed by atoms with van der Waals surface area (Å²) in [6.07, 6.45) is 0.624. The lowest BCUT2D eigenvalue weighted by Crippen LogP contribution is -1.91. The second-order valence-electron chi connectivity index (χ2n) is 2.43. The maximum absolute atomic E-state index is 10.2. The van der Waals surface area contributed by atoms with Crippen LogP contribution in [0.2, 0.25) is 0 Å². The van der Waals surface area contributed by atoms with Crippen LogP contribution in [0.25, 0.3) is 10.2 Å². The smallest absolute Gasteiger partial charge is 0.213 e. The van der Waals surface area contributed by atoms with Gasteiger partial charge in [0.1, 0.15) is 0 Å². The van der Waals surface area contributed by atoms with Gasteiger partial charge in [0.25, 0.3) is 0 Å². The molecule has 0 atom stereocenters. The van der Waals surface area contributed by atoms with Gasteiger partial charge >= 0.3 is 0 Å². The molecule has 0 aliphatic rings. The van der Waals surface area contributed by atoms with Gasteiger partial charge in [0, 0.05) is 4.90 Å². The van der Waals surface area contributed by atoms with E-state index in [0.29, 0.717) is 11.5 Å². The van der Waals surface area contributed by atoms with Crippen LogP contribution in [0.1, 0.15) is 0 Å². The lowest BCUT2D eigenvalue weighted by atomic mass is 10.3. The first kappa shape index (κ1) is 8.52. The van der Waals surface area contributed by atoms with Crippen molar-refractivity contribution in [2.24, 2.45) is 0 Å². The van der Waals surface area contributed by atoms with Gasteiger partial charge in [0.2, 0.25) is 6.41 Å². The van der Waals surface area contributed by atoms with E-state index >= 15 is 0 Å². The number of nitrogens with one attached hydrogen (secondary N) is 1. The number of nitrogens with zero attached hydrogens (tertiary/aromatic N) is 1. The molecule has 5 heteroatoms. The Morgan fingerprint density at radius 2 is 2.38 bits per heavy atom. The Bertz CT molecular complexity index is 452. The highest BCUT2D eigenvalue weighted by Crippen LogP contribution is 2.27. The molecule has 0 aliphatic carbocycles. The van der Waals surface area contributed by atoms with Gasteiger partial charge in [0.15, 0.2) is 5.13 Å². The van der Waals surface area contributed by atoms with Crippen LogP contribution < -0.4 is 5.32 Å². The Hall–Kier alpha value is -1.07. The normalized spacial score (nSPS) is 10.2. The Morgan fingerprint density at radius 1 is 1.54 bits per heavy atom. The molecule has 1 aromatic carbocycles. The first-order chi connectivity index (χ1) is 6.29. The highest BCUT2D eigenvalue weighted by Gasteiger charge is 2.02. The molecule has 2 aromatic rings. The molecule has 66 valence electrons. The molecule has 0 radical (unpaired) electrons. The number of anilines is 1. The fourth-order valence-electron chi connectivity index (χ4n) is 1.03. The van der Waals surface area contributed by atoms with E-state index in [9.17, 15) is 4.79 Å². The fourth-order valence-corrected chi connectivity index (χ4v) is 2.18. The summed E-state index contributed by atoms with van der Waals surface area (Å²) in [5.74, 6) is 0. The van der Waals surface area contributed by atoms with Gasteiger partial charge in [-0.05, 0) is 18.2 Å². The van der Waals surface area contributed by atoms with Crippen molar-refractivity contribution in [1.82, 2.24) is 4.98 Å². The quantitative estimate of drug-likeness (QED) is 0.589. The highest BCUT2D eigenvalue weighted by atomic mass is 32.1. The molecule has 1 amide bonds. The average molecular weight is 210 g/mol. The van der Waals surface area contributed by atoms with E-state index in [2.05, 4.69) is 22.9 Å². The predicted octanol–water partition coefficient (Wildman–Crippen LogP) is 2.15. The van der Waals surface area contributed by atoms with Crippen LogP contribution in [0, 0.1) is 0 Å². The Kier molecular flexibility index (Phi) is 2.20. The van der Waals surface area contributed by atoms with Gasteiger partial charge in [-0.25, -0.2) is 4.98 Å². The van der Waals surface area contributed by atoms with Gasteiger partial charge in [-0.3, -0.25) is 4.79 Å². The molecule has 1 aromatic heterocycles. The van der Waals surface area contributed by atoms with Gasteiger partial charge in [-0.2, -0.15) is 0 Å². The molecule has 3 nitrogen and oxygen atoms in total. The van der Waals surface area contributed by atoms with Crippen LogP contribution in [-0.2, 0) is 4.79 Å². The number of carbonyl (C=O) groups excluding carboxylic acids is 1. The minimum atomic E-state index is 0.615. The third-order valence-corrected chi connectivity index (χ3v) is 2.78. The number of carbonyl (C=O) groups is 1. The minimum absolute atomic E-state index is 0.615. The van der Waals surface area contributed by atoms with Crippen molar-refractivity contribution in [1.29, 1.82) is 0 Å². The maximum atomic E-state index is 10.2. The Morgan fingerprint density at radius 3 is 3.15 bits per heavy atom. The van der Waals surface area contributed by atoms with E-state index in [-0.39, 0.29) is 0 Å². The van der Waals surface area contributed by atoms with E-state index in [0.717, 1.165) is 15.1 Å². The van der Waals surface area contributed by atoms with Crippen LogP contribution in [-0.4, -0.2) is 11.4 Å². The lowest BCUT2D eigenvalue weighted by molar-refractivity contribution is -0.105. The molecule has 0 bridgehead atoms. The highest BCUT2D eigenvalue weighted by molar-refractivity contribution is 7.80. The molecule has 0 fully saturated rings. The van der Waals surface area contributed by atoms with Crippen LogP contribution in [0.4, 0.5) is 5.13 Å². The van der Waals surface area contributed by atoms with Crippen molar-refractivity contribution >= 4 is 45.7 Å². The SMILES string of the molecule is O=CNc1nc2ccc(S)cc2s1. The summed E-state index contributed by atoms with van der Waals surface area (Å²) >= 11 is 5.64. The second kappa shape index (κ2) is 3.35. The molecule has 0 unspecified atom stereocenters. The number of thiazole rings is 1. The molecule has 0 saturated carbocycles. The second-order valence-corrected chi connectivity index (χ2v) is 3.98.